The number of ether oxygens (including phenoxy) is 2. The fourth-order valence-corrected chi connectivity index (χ4v) is 5.61. The zero-order chi connectivity index (χ0) is 29.9. The lowest BCUT2D eigenvalue weighted by atomic mass is 9.79. The summed E-state index contributed by atoms with van der Waals surface area (Å²) in [7, 11) is 1.44. The molecule has 220 valence electrons. The van der Waals surface area contributed by atoms with Crippen LogP contribution in [0.1, 0.15) is 57.6 Å². The molecule has 0 radical (unpaired) electrons. The van der Waals surface area contributed by atoms with Crippen LogP contribution in [0.2, 0.25) is 0 Å². The van der Waals surface area contributed by atoms with Crippen molar-refractivity contribution in [1.29, 1.82) is 0 Å². The number of carbonyl (C=O) groups is 4. The zero-order valence-electron chi connectivity index (χ0n) is 24.3. The van der Waals surface area contributed by atoms with Crippen LogP contribution in [0.25, 0.3) is 11.1 Å². The Morgan fingerprint density at radius 1 is 0.951 bits per heavy atom. The molecule has 3 amide bonds. The van der Waals surface area contributed by atoms with Crippen molar-refractivity contribution in [1.82, 2.24) is 15.1 Å². The number of hydrogen-bond acceptors (Lipinski definition) is 6. The summed E-state index contributed by atoms with van der Waals surface area (Å²) >= 11 is 0. The standard InChI is InChI=1S/C31H39N3O7/c1-30(2,3)41-29(39)34-16-14-20(15-17-34)31(4,27(36)37)32-26(35)18-33(5)28(38)40-19-25-23-12-8-6-10-21(23)22-11-7-9-13-24(22)25/h6-13,20,25H,14-19H2,1-5H3,(H,32,35)(H,36,37). The molecule has 1 unspecified atom stereocenters. The van der Waals surface area contributed by atoms with E-state index in [1.165, 1.54) is 14.0 Å². The summed E-state index contributed by atoms with van der Waals surface area (Å²) in [5.74, 6) is -2.32. The van der Waals surface area contributed by atoms with Crippen LogP contribution >= 0.6 is 0 Å². The maximum absolute atomic E-state index is 12.9. The van der Waals surface area contributed by atoms with Gasteiger partial charge in [0.05, 0.1) is 0 Å². The summed E-state index contributed by atoms with van der Waals surface area (Å²) in [6.45, 7) is 7.21. The quantitative estimate of drug-likeness (QED) is 0.507. The first-order chi connectivity index (χ1) is 19.3. The van der Waals surface area contributed by atoms with Gasteiger partial charge in [-0.15, -0.1) is 0 Å². The van der Waals surface area contributed by atoms with Crippen LogP contribution in [-0.2, 0) is 19.1 Å². The molecule has 10 heteroatoms. The average molecular weight is 566 g/mol. The molecule has 0 spiro atoms. The van der Waals surface area contributed by atoms with Gasteiger partial charge in [-0.3, -0.25) is 4.79 Å². The third-order valence-corrected chi connectivity index (χ3v) is 7.84. The summed E-state index contributed by atoms with van der Waals surface area (Å²) in [5.41, 5.74) is 2.19. The number of rotatable bonds is 7. The van der Waals surface area contributed by atoms with E-state index < -0.39 is 41.1 Å². The lowest BCUT2D eigenvalue weighted by Crippen LogP contribution is -2.61. The van der Waals surface area contributed by atoms with Gasteiger partial charge in [0.2, 0.25) is 5.91 Å². The Kier molecular flexibility index (Phi) is 8.60. The number of nitrogens with zero attached hydrogens (tertiary/aromatic N) is 2. The molecule has 4 rings (SSSR count). The van der Waals surface area contributed by atoms with Crippen molar-refractivity contribution < 1.29 is 33.8 Å². The van der Waals surface area contributed by atoms with Crippen LogP contribution in [0.3, 0.4) is 0 Å². The Hall–Kier alpha value is -4.08. The van der Waals surface area contributed by atoms with Crippen molar-refractivity contribution in [3.63, 3.8) is 0 Å². The first kappa shape index (κ1) is 29.9. The molecule has 2 aromatic rings. The summed E-state index contributed by atoms with van der Waals surface area (Å²) < 4.78 is 11.0. The zero-order valence-corrected chi connectivity index (χ0v) is 24.3. The summed E-state index contributed by atoms with van der Waals surface area (Å²) in [6, 6.07) is 16.0. The van der Waals surface area contributed by atoms with Gasteiger partial charge >= 0.3 is 18.2 Å². The Morgan fingerprint density at radius 3 is 2.00 bits per heavy atom. The Labute approximate surface area is 240 Å². The predicted molar refractivity (Wildman–Crippen MR) is 152 cm³/mol. The lowest BCUT2D eigenvalue weighted by Gasteiger charge is -2.40. The number of carboxylic acid groups (broad SMARTS) is 1. The SMILES string of the molecule is CN(CC(=O)NC(C)(C(=O)O)C1CCN(C(=O)OC(C)(C)C)CC1)C(=O)OCC1c2ccccc2-c2ccccc21. The predicted octanol–water partition coefficient (Wildman–Crippen LogP) is 4.47. The van der Waals surface area contributed by atoms with Gasteiger partial charge in [0.25, 0.3) is 0 Å². The van der Waals surface area contributed by atoms with Crippen LogP contribution in [0.15, 0.2) is 48.5 Å². The molecule has 1 atom stereocenters. The minimum Gasteiger partial charge on any atom is -0.480 e. The van der Waals surface area contributed by atoms with E-state index in [1.54, 1.807) is 25.7 Å². The maximum atomic E-state index is 12.9. The topological polar surface area (TPSA) is 125 Å². The summed E-state index contributed by atoms with van der Waals surface area (Å²) in [4.78, 5) is 53.1. The number of fused-ring (bicyclic) bond motifs is 3. The molecule has 1 fully saturated rings. The van der Waals surface area contributed by atoms with Gasteiger partial charge in [-0.25, -0.2) is 14.4 Å². The largest absolute Gasteiger partial charge is 0.480 e. The molecule has 0 bridgehead atoms. The Morgan fingerprint density at radius 2 is 1.49 bits per heavy atom. The summed E-state index contributed by atoms with van der Waals surface area (Å²) in [5, 5.41) is 12.7. The third-order valence-electron chi connectivity index (χ3n) is 7.84. The molecule has 2 aromatic carbocycles. The van der Waals surface area contributed by atoms with Gasteiger partial charge in [-0.1, -0.05) is 48.5 Å². The van der Waals surface area contributed by atoms with Gasteiger partial charge in [-0.05, 0) is 68.7 Å². The average Bonchev–Trinajstić information content (AvgIpc) is 3.24. The number of hydrogen-bond donors (Lipinski definition) is 2. The van der Waals surface area contributed by atoms with E-state index in [1.807, 2.05) is 48.5 Å². The number of piperidine rings is 1. The minimum atomic E-state index is -1.57. The first-order valence-corrected chi connectivity index (χ1v) is 13.9. The molecule has 1 aliphatic heterocycles. The molecule has 0 saturated carbocycles. The van der Waals surface area contributed by atoms with E-state index in [-0.39, 0.29) is 19.1 Å². The monoisotopic (exact) mass is 565 g/mol. The van der Waals surface area contributed by atoms with Gasteiger partial charge < -0.3 is 29.7 Å². The molecule has 10 nitrogen and oxygen atoms in total. The highest BCUT2D eigenvalue weighted by atomic mass is 16.6. The molecule has 41 heavy (non-hydrogen) atoms. The molecular formula is C31H39N3O7. The fraction of sp³-hybridized carbons (Fsp3) is 0.484. The summed E-state index contributed by atoms with van der Waals surface area (Å²) in [6.07, 6.45) is -0.360. The van der Waals surface area contributed by atoms with Crippen molar-refractivity contribution in [2.75, 3.05) is 33.3 Å². The van der Waals surface area contributed by atoms with Crippen molar-refractivity contribution >= 4 is 24.1 Å². The second kappa shape index (κ2) is 11.8. The van der Waals surface area contributed by atoms with Crippen molar-refractivity contribution in [2.45, 2.75) is 57.6 Å². The van der Waals surface area contributed by atoms with E-state index in [0.717, 1.165) is 27.2 Å². The van der Waals surface area contributed by atoms with Crippen molar-refractivity contribution in [3.05, 3.63) is 59.7 Å². The van der Waals surface area contributed by atoms with Gasteiger partial charge in [0, 0.05) is 26.1 Å². The highest BCUT2D eigenvalue weighted by molar-refractivity contribution is 5.89. The van der Waals surface area contributed by atoms with Crippen LogP contribution in [0.4, 0.5) is 9.59 Å². The maximum Gasteiger partial charge on any atom is 0.410 e. The normalized spacial score (nSPS) is 16.7. The van der Waals surface area contributed by atoms with E-state index in [9.17, 15) is 24.3 Å². The van der Waals surface area contributed by atoms with E-state index in [4.69, 9.17) is 9.47 Å². The Bertz CT molecular complexity index is 1270. The molecule has 1 heterocycles. The second-order valence-corrected chi connectivity index (χ2v) is 12.0. The smallest absolute Gasteiger partial charge is 0.410 e. The number of benzene rings is 2. The second-order valence-electron chi connectivity index (χ2n) is 12.0. The Balaban J connectivity index is 1.32. The number of aliphatic carboxylic acids is 1. The van der Waals surface area contributed by atoms with E-state index in [2.05, 4.69) is 5.32 Å². The first-order valence-electron chi connectivity index (χ1n) is 13.9. The number of nitrogens with one attached hydrogen (secondary N) is 1. The van der Waals surface area contributed by atoms with Gasteiger partial charge in [0.15, 0.2) is 0 Å². The molecular weight excluding hydrogens is 526 g/mol. The van der Waals surface area contributed by atoms with E-state index >= 15 is 0 Å². The lowest BCUT2D eigenvalue weighted by molar-refractivity contribution is -0.150. The highest BCUT2D eigenvalue weighted by Crippen LogP contribution is 2.44. The third kappa shape index (κ3) is 6.64. The minimum absolute atomic E-state index is 0.113. The molecule has 1 saturated heterocycles. The number of amides is 3. The van der Waals surface area contributed by atoms with Crippen LogP contribution in [0, 0.1) is 5.92 Å². The fourth-order valence-electron chi connectivity index (χ4n) is 5.61. The number of likely N-dealkylation sites (N-methyl/N-ethyl adjacent to an activating group) is 1. The number of likely N-dealkylation sites (tertiary alicyclic amines) is 1. The number of carbonyl (C=O) groups excluding carboxylic acids is 3. The van der Waals surface area contributed by atoms with Crippen LogP contribution < -0.4 is 5.32 Å². The molecule has 2 N–H and O–H groups in total. The van der Waals surface area contributed by atoms with Crippen LogP contribution in [0.5, 0.6) is 0 Å². The highest BCUT2D eigenvalue weighted by Gasteiger charge is 2.45. The van der Waals surface area contributed by atoms with Crippen LogP contribution in [-0.4, -0.2) is 83.4 Å². The molecule has 2 aliphatic rings. The number of carboxylic acids is 1. The van der Waals surface area contributed by atoms with Gasteiger partial charge in [0.1, 0.15) is 24.3 Å². The van der Waals surface area contributed by atoms with Crippen molar-refractivity contribution in [3.8, 4) is 11.1 Å². The van der Waals surface area contributed by atoms with E-state index in [0.29, 0.717) is 25.9 Å². The van der Waals surface area contributed by atoms with Crippen molar-refractivity contribution in [2.24, 2.45) is 5.92 Å². The van der Waals surface area contributed by atoms with Gasteiger partial charge in [-0.2, -0.15) is 0 Å². The molecule has 0 aromatic heterocycles. The molecule has 1 aliphatic carbocycles.